The Morgan fingerprint density at radius 3 is 2.57 bits per heavy atom. The highest BCUT2D eigenvalue weighted by atomic mass is 16.6. The number of rotatable bonds is 5. The maximum atomic E-state index is 11.7. The number of ether oxygens (including phenoxy) is 2. The summed E-state index contributed by atoms with van der Waals surface area (Å²) < 4.78 is 10.6. The average Bonchev–Trinajstić information content (AvgIpc) is 2.34. The molecule has 1 aromatic carbocycles. The molecule has 5 nitrogen and oxygen atoms in total. The summed E-state index contributed by atoms with van der Waals surface area (Å²) in [6.45, 7) is 7.45. The number of aryl methyl sites for hydroxylation is 1. The van der Waals surface area contributed by atoms with E-state index in [1.54, 1.807) is 13.2 Å². The van der Waals surface area contributed by atoms with Crippen molar-refractivity contribution in [2.24, 2.45) is 5.73 Å². The predicted octanol–water partition coefficient (Wildman–Crippen LogP) is 3.32. The number of nitrogens with one attached hydrogen (secondary N) is 1. The molecule has 1 amide bonds. The van der Waals surface area contributed by atoms with E-state index in [2.05, 4.69) is 5.32 Å². The zero-order chi connectivity index (χ0) is 16.0. The summed E-state index contributed by atoms with van der Waals surface area (Å²) >= 11 is 0. The second-order valence-electron chi connectivity index (χ2n) is 6.17. The minimum absolute atomic E-state index is 0.147. The summed E-state index contributed by atoms with van der Waals surface area (Å²) in [7, 11) is 1.61. The first-order valence-electron chi connectivity index (χ1n) is 7.14. The van der Waals surface area contributed by atoms with Gasteiger partial charge in [0.15, 0.2) is 0 Å². The van der Waals surface area contributed by atoms with Crippen LogP contribution in [0.5, 0.6) is 5.75 Å². The molecule has 0 radical (unpaired) electrons. The van der Waals surface area contributed by atoms with Gasteiger partial charge >= 0.3 is 6.09 Å². The van der Waals surface area contributed by atoms with Crippen LogP contribution in [0.2, 0.25) is 0 Å². The number of hydrogen-bond acceptors (Lipinski definition) is 4. The van der Waals surface area contributed by atoms with Gasteiger partial charge in [-0.15, -0.1) is 0 Å². The van der Waals surface area contributed by atoms with Gasteiger partial charge in [-0.3, -0.25) is 5.32 Å². The summed E-state index contributed by atoms with van der Waals surface area (Å²) in [4.78, 5) is 11.7. The third-order valence-electron chi connectivity index (χ3n) is 2.80. The first-order valence-corrected chi connectivity index (χ1v) is 7.14. The van der Waals surface area contributed by atoms with E-state index in [0.29, 0.717) is 5.69 Å². The Hall–Kier alpha value is -1.75. The van der Waals surface area contributed by atoms with Gasteiger partial charge in [0.1, 0.15) is 11.4 Å². The lowest BCUT2D eigenvalue weighted by Crippen LogP contribution is -2.27. The Balaban J connectivity index is 2.75. The van der Waals surface area contributed by atoms with E-state index < -0.39 is 11.7 Å². The van der Waals surface area contributed by atoms with Crippen LogP contribution in [-0.2, 0) is 11.2 Å². The van der Waals surface area contributed by atoms with Crippen molar-refractivity contribution < 1.29 is 14.3 Å². The molecule has 1 rings (SSSR count). The lowest BCUT2D eigenvalue weighted by molar-refractivity contribution is 0.0636. The number of anilines is 1. The number of hydrogen-bond donors (Lipinski definition) is 2. The Bertz CT molecular complexity index is 479. The van der Waals surface area contributed by atoms with Crippen LogP contribution in [0.4, 0.5) is 10.5 Å². The van der Waals surface area contributed by atoms with Crippen molar-refractivity contribution in [1.29, 1.82) is 0 Å². The minimum Gasteiger partial charge on any atom is -0.496 e. The molecule has 0 aromatic heterocycles. The third-order valence-corrected chi connectivity index (χ3v) is 2.80. The molecule has 21 heavy (non-hydrogen) atoms. The van der Waals surface area contributed by atoms with Gasteiger partial charge in [0.2, 0.25) is 0 Å². The first-order chi connectivity index (χ1) is 9.71. The molecule has 118 valence electrons. The Morgan fingerprint density at radius 2 is 2.05 bits per heavy atom. The van der Waals surface area contributed by atoms with E-state index in [1.165, 1.54) is 0 Å². The third kappa shape index (κ3) is 6.49. The van der Waals surface area contributed by atoms with Crippen molar-refractivity contribution in [1.82, 2.24) is 0 Å². The lowest BCUT2D eigenvalue weighted by Gasteiger charge is -2.20. The molecule has 0 bridgehead atoms. The van der Waals surface area contributed by atoms with E-state index in [4.69, 9.17) is 15.2 Å². The fourth-order valence-corrected chi connectivity index (χ4v) is 1.83. The van der Waals surface area contributed by atoms with Crippen molar-refractivity contribution in [2.45, 2.75) is 52.2 Å². The summed E-state index contributed by atoms with van der Waals surface area (Å²) in [6.07, 6.45) is 1.25. The van der Waals surface area contributed by atoms with E-state index in [-0.39, 0.29) is 6.04 Å². The summed E-state index contributed by atoms with van der Waals surface area (Å²) in [5.74, 6) is 0.740. The van der Waals surface area contributed by atoms with Gasteiger partial charge in [-0.05, 0) is 52.2 Å². The van der Waals surface area contributed by atoms with Gasteiger partial charge in [-0.25, -0.2) is 4.79 Å². The Labute approximate surface area is 126 Å². The second kappa shape index (κ2) is 7.31. The van der Waals surface area contributed by atoms with Crippen LogP contribution in [0.1, 0.15) is 39.7 Å². The SMILES string of the molecule is COc1cc(NC(=O)OC(C)(C)C)ccc1CC[C@H](C)N. The summed E-state index contributed by atoms with van der Waals surface area (Å²) in [5.41, 5.74) is 6.97. The van der Waals surface area contributed by atoms with Crippen LogP contribution in [0.3, 0.4) is 0 Å². The number of carbonyl (C=O) groups is 1. The number of carbonyl (C=O) groups excluding carboxylic acids is 1. The van der Waals surface area contributed by atoms with Crippen LogP contribution in [-0.4, -0.2) is 24.8 Å². The van der Waals surface area contributed by atoms with Gasteiger partial charge in [0.25, 0.3) is 0 Å². The molecule has 5 heteroatoms. The zero-order valence-corrected chi connectivity index (χ0v) is 13.5. The van der Waals surface area contributed by atoms with Crippen LogP contribution in [0.15, 0.2) is 18.2 Å². The molecule has 0 aliphatic carbocycles. The summed E-state index contributed by atoms with van der Waals surface area (Å²) in [5, 5.41) is 2.70. The molecule has 0 saturated heterocycles. The monoisotopic (exact) mass is 294 g/mol. The van der Waals surface area contributed by atoms with Crippen LogP contribution < -0.4 is 15.8 Å². The van der Waals surface area contributed by atoms with Crippen molar-refractivity contribution >= 4 is 11.8 Å². The fourth-order valence-electron chi connectivity index (χ4n) is 1.83. The van der Waals surface area contributed by atoms with Crippen molar-refractivity contribution in [3.05, 3.63) is 23.8 Å². The molecular formula is C16H26N2O3. The highest BCUT2D eigenvalue weighted by Gasteiger charge is 2.16. The van der Waals surface area contributed by atoms with Gasteiger partial charge in [0.05, 0.1) is 7.11 Å². The maximum Gasteiger partial charge on any atom is 0.412 e. The maximum absolute atomic E-state index is 11.7. The zero-order valence-electron chi connectivity index (χ0n) is 13.5. The molecule has 0 spiro atoms. The minimum atomic E-state index is -0.522. The normalized spacial score (nSPS) is 12.7. The van der Waals surface area contributed by atoms with E-state index in [9.17, 15) is 4.79 Å². The molecule has 3 N–H and O–H groups in total. The molecule has 0 aliphatic rings. The van der Waals surface area contributed by atoms with Crippen LogP contribution in [0.25, 0.3) is 0 Å². The predicted molar refractivity (Wildman–Crippen MR) is 84.8 cm³/mol. The molecule has 0 unspecified atom stereocenters. The van der Waals surface area contributed by atoms with Crippen LogP contribution in [0, 0.1) is 0 Å². The Kier molecular flexibility index (Phi) is 6.03. The highest BCUT2D eigenvalue weighted by Crippen LogP contribution is 2.25. The van der Waals surface area contributed by atoms with Gasteiger partial charge in [0, 0.05) is 17.8 Å². The molecule has 1 aromatic rings. The lowest BCUT2D eigenvalue weighted by atomic mass is 10.0. The topological polar surface area (TPSA) is 73.6 Å². The molecule has 0 heterocycles. The molecule has 0 fully saturated rings. The number of amides is 1. The van der Waals surface area contributed by atoms with Gasteiger partial charge in [-0.1, -0.05) is 6.07 Å². The van der Waals surface area contributed by atoms with Crippen molar-refractivity contribution in [3.8, 4) is 5.75 Å². The standard InChI is InChI=1S/C16H26N2O3/c1-11(17)6-7-12-8-9-13(10-14(12)20-5)18-15(19)21-16(2,3)4/h8-11H,6-7,17H2,1-5H3,(H,18,19)/t11-/m0/s1. The van der Waals surface area contributed by atoms with E-state index in [0.717, 1.165) is 24.2 Å². The van der Waals surface area contributed by atoms with Crippen LogP contribution >= 0.6 is 0 Å². The Morgan fingerprint density at radius 1 is 1.38 bits per heavy atom. The van der Waals surface area contributed by atoms with E-state index >= 15 is 0 Å². The number of methoxy groups -OCH3 is 1. The molecule has 1 atom stereocenters. The van der Waals surface area contributed by atoms with E-state index in [1.807, 2.05) is 39.8 Å². The average molecular weight is 294 g/mol. The highest BCUT2D eigenvalue weighted by molar-refractivity contribution is 5.85. The molecule has 0 aliphatic heterocycles. The van der Waals surface area contributed by atoms with Gasteiger partial charge in [-0.2, -0.15) is 0 Å². The quantitative estimate of drug-likeness (QED) is 0.873. The van der Waals surface area contributed by atoms with Crippen molar-refractivity contribution in [2.75, 3.05) is 12.4 Å². The second-order valence-corrected chi connectivity index (χ2v) is 6.17. The van der Waals surface area contributed by atoms with Crippen molar-refractivity contribution in [3.63, 3.8) is 0 Å². The summed E-state index contributed by atoms with van der Waals surface area (Å²) in [6, 6.07) is 5.71. The largest absolute Gasteiger partial charge is 0.496 e. The first kappa shape index (κ1) is 17.3. The smallest absolute Gasteiger partial charge is 0.412 e. The number of benzene rings is 1. The molecule has 0 saturated carbocycles. The fraction of sp³-hybridized carbons (Fsp3) is 0.562. The van der Waals surface area contributed by atoms with Gasteiger partial charge < -0.3 is 15.2 Å². The number of nitrogens with two attached hydrogens (primary N) is 1. The molecular weight excluding hydrogens is 268 g/mol.